The average molecular weight is 218 g/mol. The molecule has 0 aliphatic heterocycles. The molecular formula is C8H10OS3. The molecule has 4 heteroatoms. The largest absolute Gasteiger partial charge is 0.298 e. The summed E-state index contributed by atoms with van der Waals surface area (Å²) in [7, 11) is 0. The molecule has 0 atom stereocenters. The van der Waals surface area contributed by atoms with Gasteiger partial charge in [-0.1, -0.05) is 0 Å². The van der Waals surface area contributed by atoms with Crippen LogP contribution in [0.15, 0.2) is 9.10 Å². The summed E-state index contributed by atoms with van der Waals surface area (Å²) in [6, 6.07) is 0. The normalized spacial score (nSPS) is 10.2. The van der Waals surface area contributed by atoms with Gasteiger partial charge in [0.05, 0.1) is 9.77 Å². The van der Waals surface area contributed by atoms with Crippen molar-refractivity contribution in [1.29, 1.82) is 0 Å². The van der Waals surface area contributed by atoms with E-state index in [4.69, 9.17) is 0 Å². The third kappa shape index (κ3) is 1.70. The highest BCUT2D eigenvalue weighted by molar-refractivity contribution is 8.01. The first-order chi connectivity index (χ1) is 5.74. The molecule has 1 heterocycles. The van der Waals surface area contributed by atoms with Crippen molar-refractivity contribution in [3.05, 3.63) is 10.4 Å². The van der Waals surface area contributed by atoms with Crippen LogP contribution in [-0.4, -0.2) is 18.8 Å². The SMILES string of the molecule is CSc1sc(C)c(SC)c1C=O. The molecule has 66 valence electrons. The Bertz CT molecular complexity index is 291. The quantitative estimate of drug-likeness (QED) is 0.572. The second-order valence-corrected chi connectivity index (χ2v) is 5.33. The fourth-order valence-corrected chi connectivity index (χ4v) is 4.01. The van der Waals surface area contributed by atoms with Gasteiger partial charge in [-0.2, -0.15) is 0 Å². The van der Waals surface area contributed by atoms with Gasteiger partial charge < -0.3 is 0 Å². The van der Waals surface area contributed by atoms with Crippen molar-refractivity contribution >= 4 is 41.1 Å². The second-order valence-electron chi connectivity index (χ2n) is 2.21. The van der Waals surface area contributed by atoms with Gasteiger partial charge in [-0.3, -0.25) is 4.79 Å². The van der Waals surface area contributed by atoms with Gasteiger partial charge in [0.1, 0.15) is 0 Å². The first-order valence-electron chi connectivity index (χ1n) is 3.41. The third-order valence-corrected chi connectivity index (χ3v) is 4.86. The molecule has 0 aliphatic rings. The van der Waals surface area contributed by atoms with Crippen LogP contribution < -0.4 is 0 Å². The molecule has 0 aromatic carbocycles. The molecule has 1 nitrogen and oxygen atoms in total. The van der Waals surface area contributed by atoms with Gasteiger partial charge in [-0.25, -0.2) is 0 Å². The van der Waals surface area contributed by atoms with Crippen molar-refractivity contribution in [3.63, 3.8) is 0 Å². The highest BCUT2D eigenvalue weighted by Gasteiger charge is 2.12. The van der Waals surface area contributed by atoms with Gasteiger partial charge in [0, 0.05) is 9.77 Å². The Morgan fingerprint density at radius 2 is 2.00 bits per heavy atom. The van der Waals surface area contributed by atoms with Crippen LogP contribution in [0.4, 0.5) is 0 Å². The lowest BCUT2D eigenvalue weighted by Gasteiger charge is -1.94. The van der Waals surface area contributed by atoms with Crippen LogP contribution in [0.2, 0.25) is 0 Å². The molecule has 0 aliphatic carbocycles. The van der Waals surface area contributed by atoms with Crippen LogP contribution in [0, 0.1) is 6.92 Å². The topological polar surface area (TPSA) is 17.1 Å². The summed E-state index contributed by atoms with van der Waals surface area (Å²) in [4.78, 5) is 13.1. The lowest BCUT2D eigenvalue weighted by molar-refractivity contribution is 0.111. The number of aldehydes is 1. The van der Waals surface area contributed by atoms with Crippen LogP contribution >= 0.6 is 34.9 Å². The van der Waals surface area contributed by atoms with Gasteiger partial charge >= 0.3 is 0 Å². The molecule has 0 saturated heterocycles. The molecule has 1 rings (SSSR count). The summed E-state index contributed by atoms with van der Waals surface area (Å²) in [5.74, 6) is 0. The fraction of sp³-hybridized carbons (Fsp3) is 0.375. The van der Waals surface area contributed by atoms with E-state index in [0.717, 1.165) is 21.0 Å². The summed E-state index contributed by atoms with van der Waals surface area (Å²) in [6.07, 6.45) is 4.97. The zero-order valence-electron chi connectivity index (χ0n) is 7.21. The Hall–Kier alpha value is 0.0700. The van der Waals surface area contributed by atoms with E-state index in [9.17, 15) is 4.79 Å². The Morgan fingerprint density at radius 1 is 1.33 bits per heavy atom. The Balaban J connectivity index is 3.25. The Morgan fingerprint density at radius 3 is 2.42 bits per heavy atom. The molecule has 0 bridgehead atoms. The lowest BCUT2D eigenvalue weighted by Crippen LogP contribution is -1.80. The van der Waals surface area contributed by atoms with E-state index in [1.165, 1.54) is 4.88 Å². The minimum atomic E-state index is 0.873. The maximum absolute atomic E-state index is 10.8. The summed E-state index contributed by atoms with van der Waals surface area (Å²) >= 11 is 4.99. The summed E-state index contributed by atoms with van der Waals surface area (Å²) in [5, 5.41) is 0. The molecular weight excluding hydrogens is 208 g/mol. The standard InChI is InChI=1S/C8H10OS3/c1-5-7(10-2)6(4-9)8(11-3)12-5/h4H,1-3H3. The van der Waals surface area contributed by atoms with Gasteiger partial charge in [-0.15, -0.1) is 34.9 Å². The predicted molar refractivity (Wildman–Crippen MR) is 58.0 cm³/mol. The summed E-state index contributed by atoms with van der Waals surface area (Å²) in [5.41, 5.74) is 0.873. The Kier molecular flexibility index (Phi) is 3.68. The van der Waals surface area contributed by atoms with E-state index in [1.54, 1.807) is 34.9 Å². The summed E-state index contributed by atoms with van der Waals surface area (Å²) in [6.45, 7) is 2.06. The van der Waals surface area contributed by atoms with Gasteiger partial charge in [-0.05, 0) is 19.4 Å². The zero-order chi connectivity index (χ0) is 9.14. The van der Waals surface area contributed by atoms with Gasteiger partial charge in [0.25, 0.3) is 0 Å². The maximum atomic E-state index is 10.8. The van der Waals surface area contributed by atoms with Crippen molar-refractivity contribution in [2.24, 2.45) is 0 Å². The molecule has 0 spiro atoms. The van der Waals surface area contributed by atoms with Crippen molar-refractivity contribution in [3.8, 4) is 0 Å². The number of carbonyl (C=O) groups excluding carboxylic acids is 1. The van der Waals surface area contributed by atoms with Crippen molar-refractivity contribution < 1.29 is 4.79 Å². The van der Waals surface area contributed by atoms with Gasteiger partial charge in [0.15, 0.2) is 6.29 Å². The smallest absolute Gasteiger partial charge is 0.153 e. The maximum Gasteiger partial charge on any atom is 0.153 e. The molecule has 0 radical (unpaired) electrons. The highest BCUT2D eigenvalue weighted by atomic mass is 32.2. The average Bonchev–Trinajstić information content (AvgIpc) is 2.40. The van der Waals surface area contributed by atoms with Crippen LogP contribution in [0.3, 0.4) is 0 Å². The molecule has 0 unspecified atom stereocenters. The van der Waals surface area contributed by atoms with Crippen LogP contribution in [0.5, 0.6) is 0 Å². The van der Waals surface area contributed by atoms with Gasteiger partial charge in [0.2, 0.25) is 0 Å². The molecule has 0 amide bonds. The molecule has 0 saturated carbocycles. The van der Waals surface area contributed by atoms with Crippen molar-refractivity contribution in [1.82, 2.24) is 0 Å². The van der Waals surface area contributed by atoms with Crippen LogP contribution in [0.1, 0.15) is 15.2 Å². The zero-order valence-corrected chi connectivity index (χ0v) is 9.66. The molecule has 1 aromatic heterocycles. The van der Waals surface area contributed by atoms with E-state index >= 15 is 0 Å². The van der Waals surface area contributed by atoms with E-state index in [0.29, 0.717) is 0 Å². The van der Waals surface area contributed by atoms with Crippen molar-refractivity contribution in [2.45, 2.75) is 16.0 Å². The summed E-state index contributed by atoms with van der Waals surface area (Å²) < 4.78 is 1.13. The third-order valence-electron chi connectivity index (χ3n) is 1.54. The molecule has 0 N–H and O–H groups in total. The Labute approximate surface area is 84.9 Å². The number of aryl methyl sites for hydroxylation is 1. The highest BCUT2D eigenvalue weighted by Crippen LogP contribution is 2.38. The lowest BCUT2D eigenvalue weighted by atomic mass is 10.3. The minimum Gasteiger partial charge on any atom is -0.298 e. The van der Waals surface area contributed by atoms with E-state index in [1.807, 2.05) is 12.5 Å². The number of hydrogen-bond donors (Lipinski definition) is 0. The van der Waals surface area contributed by atoms with E-state index in [-0.39, 0.29) is 0 Å². The minimum absolute atomic E-state index is 0.873. The number of carbonyl (C=O) groups is 1. The molecule has 12 heavy (non-hydrogen) atoms. The number of thiophene rings is 1. The monoisotopic (exact) mass is 218 g/mol. The number of rotatable bonds is 3. The second kappa shape index (κ2) is 4.35. The van der Waals surface area contributed by atoms with E-state index < -0.39 is 0 Å². The first kappa shape index (κ1) is 10.2. The number of hydrogen-bond acceptors (Lipinski definition) is 4. The van der Waals surface area contributed by atoms with Crippen molar-refractivity contribution in [2.75, 3.05) is 12.5 Å². The number of thioether (sulfide) groups is 2. The first-order valence-corrected chi connectivity index (χ1v) is 6.67. The fourth-order valence-electron chi connectivity index (χ4n) is 1.03. The molecule has 0 fully saturated rings. The molecule has 1 aromatic rings. The van der Waals surface area contributed by atoms with E-state index in [2.05, 4.69) is 6.92 Å². The van der Waals surface area contributed by atoms with Crippen LogP contribution in [0.25, 0.3) is 0 Å². The predicted octanol–water partition coefficient (Wildman–Crippen LogP) is 3.31. The van der Waals surface area contributed by atoms with Crippen LogP contribution in [-0.2, 0) is 0 Å².